The van der Waals surface area contributed by atoms with E-state index in [4.69, 9.17) is 14.2 Å². The molecule has 2 rings (SSSR count). The second-order valence-corrected chi connectivity index (χ2v) is 4.38. The maximum Gasteiger partial charge on any atom is 0.283 e. The second-order valence-electron chi connectivity index (χ2n) is 4.38. The van der Waals surface area contributed by atoms with Crippen molar-refractivity contribution in [1.29, 1.82) is 0 Å². The van der Waals surface area contributed by atoms with Gasteiger partial charge >= 0.3 is 0 Å². The van der Waals surface area contributed by atoms with Crippen molar-refractivity contribution < 1.29 is 23.9 Å². The lowest BCUT2D eigenvalue weighted by molar-refractivity contribution is -0.385. The molecule has 0 aromatic heterocycles. The summed E-state index contributed by atoms with van der Waals surface area (Å²) in [7, 11) is 1.41. The topological polar surface area (TPSA) is 87.9 Å². The minimum absolute atomic E-state index is 0.00971. The van der Waals surface area contributed by atoms with Gasteiger partial charge < -0.3 is 14.2 Å². The van der Waals surface area contributed by atoms with Crippen LogP contribution in [0.3, 0.4) is 0 Å². The van der Waals surface area contributed by atoms with Gasteiger partial charge in [-0.2, -0.15) is 0 Å². The van der Waals surface area contributed by atoms with E-state index in [-0.39, 0.29) is 28.9 Å². The number of nitro benzene ring substituents is 1. The molecule has 0 aliphatic carbocycles. The monoisotopic (exact) mass is 281 g/mol. The molecule has 0 saturated carbocycles. The standard InChI is InChI=1S/C13H15NO6/c1-18-12-5-9(7-15)11(14(16)17)6-13(12)20-8-10-3-2-4-19-10/h5-7,10H,2-4,8H2,1H3. The smallest absolute Gasteiger partial charge is 0.283 e. The number of ether oxygens (including phenoxy) is 3. The average Bonchev–Trinajstić information content (AvgIpc) is 2.97. The summed E-state index contributed by atoms with van der Waals surface area (Å²) in [6.45, 7) is 1.00. The fraction of sp³-hybridized carbons (Fsp3) is 0.462. The maximum atomic E-state index is 10.9. The van der Waals surface area contributed by atoms with Gasteiger partial charge in [0.15, 0.2) is 17.8 Å². The molecule has 0 amide bonds. The minimum Gasteiger partial charge on any atom is -0.493 e. The van der Waals surface area contributed by atoms with Crippen LogP contribution in [-0.4, -0.2) is 37.6 Å². The Labute approximate surface area is 115 Å². The zero-order valence-corrected chi connectivity index (χ0v) is 11.0. The molecule has 0 spiro atoms. The van der Waals surface area contributed by atoms with Crippen molar-refractivity contribution in [1.82, 2.24) is 0 Å². The lowest BCUT2D eigenvalue weighted by atomic mass is 10.1. The van der Waals surface area contributed by atoms with Gasteiger partial charge in [0.25, 0.3) is 5.69 Å². The van der Waals surface area contributed by atoms with Crippen LogP contribution in [0.1, 0.15) is 23.2 Å². The van der Waals surface area contributed by atoms with Crippen molar-refractivity contribution in [2.75, 3.05) is 20.3 Å². The maximum absolute atomic E-state index is 10.9. The molecule has 0 radical (unpaired) electrons. The van der Waals surface area contributed by atoms with Crippen LogP contribution in [0.15, 0.2) is 12.1 Å². The number of benzene rings is 1. The normalized spacial score (nSPS) is 17.8. The first kappa shape index (κ1) is 14.3. The molecule has 1 fully saturated rings. The average molecular weight is 281 g/mol. The van der Waals surface area contributed by atoms with Gasteiger partial charge in [-0.3, -0.25) is 14.9 Å². The molecule has 1 aliphatic heterocycles. The van der Waals surface area contributed by atoms with E-state index < -0.39 is 4.92 Å². The van der Waals surface area contributed by atoms with Gasteiger partial charge in [0.2, 0.25) is 0 Å². The van der Waals surface area contributed by atoms with E-state index in [2.05, 4.69) is 0 Å². The Hall–Kier alpha value is -2.15. The fourth-order valence-corrected chi connectivity index (χ4v) is 2.05. The van der Waals surface area contributed by atoms with E-state index in [1.807, 2.05) is 0 Å². The molecule has 0 N–H and O–H groups in total. The number of carbonyl (C=O) groups excluding carboxylic acids is 1. The largest absolute Gasteiger partial charge is 0.493 e. The zero-order valence-electron chi connectivity index (χ0n) is 11.0. The first-order valence-electron chi connectivity index (χ1n) is 6.21. The lowest BCUT2D eigenvalue weighted by Crippen LogP contribution is -2.16. The molecule has 20 heavy (non-hydrogen) atoms. The Balaban J connectivity index is 2.22. The summed E-state index contributed by atoms with van der Waals surface area (Å²) in [6.07, 6.45) is 2.29. The van der Waals surface area contributed by atoms with E-state index >= 15 is 0 Å². The van der Waals surface area contributed by atoms with E-state index in [0.717, 1.165) is 12.8 Å². The van der Waals surface area contributed by atoms with Gasteiger partial charge in [0, 0.05) is 12.7 Å². The Kier molecular flexibility index (Phi) is 4.52. The molecule has 7 heteroatoms. The lowest BCUT2D eigenvalue weighted by Gasteiger charge is -2.14. The number of carbonyl (C=O) groups is 1. The summed E-state index contributed by atoms with van der Waals surface area (Å²) in [5.41, 5.74) is -0.348. The number of aldehydes is 1. The molecule has 108 valence electrons. The van der Waals surface area contributed by atoms with Gasteiger partial charge in [-0.05, 0) is 12.8 Å². The Morgan fingerprint density at radius 1 is 1.50 bits per heavy atom. The Morgan fingerprint density at radius 3 is 2.85 bits per heavy atom. The second kappa shape index (κ2) is 6.33. The van der Waals surface area contributed by atoms with E-state index in [9.17, 15) is 14.9 Å². The number of hydrogen-bond donors (Lipinski definition) is 0. The van der Waals surface area contributed by atoms with Crippen molar-refractivity contribution in [3.8, 4) is 11.5 Å². The Bertz CT molecular complexity index is 510. The van der Waals surface area contributed by atoms with E-state index in [1.54, 1.807) is 0 Å². The molecule has 1 heterocycles. The quantitative estimate of drug-likeness (QED) is 0.450. The van der Waals surface area contributed by atoms with E-state index in [0.29, 0.717) is 19.5 Å². The third kappa shape index (κ3) is 3.05. The highest BCUT2D eigenvalue weighted by Crippen LogP contribution is 2.34. The van der Waals surface area contributed by atoms with Gasteiger partial charge in [-0.25, -0.2) is 0 Å². The molecular weight excluding hydrogens is 266 g/mol. The molecule has 1 saturated heterocycles. The molecule has 1 aromatic rings. The molecule has 0 bridgehead atoms. The first-order valence-corrected chi connectivity index (χ1v) is 6.21. The number of hydrogen-bond acceptors (Lipinski definition) is 6. The van der Waals surface area contributed by atoms with Crippen LogP contribution in [-0.2, 0) is 4.74 Å². The minimum atomic E-state index is -0.623. The number of methoxy groups -OCH3 is 1. The van der Waals surface area contributed by atoms with Crippen LogP contribution < -0.4 is 9.47 Å². The van der Waals surface area contributed by atoms with Crippen molar-refractivity contribution in [2.24, 2.45) is 0 Å². The molecule has 7 nitrogen and oxygen atoms in total. The van der Waals surface area contributed by atoms with Gasteiger partial charge in [-0.15, -0.1) is 0 Å². The summed E-state index contributed by atoms with van der Waals surface area (Å²) < 4.78 is 16.0. The highest BCUT2D eigenvalue weighted by Gasteiger charge is 2.21. The number of nitrogens with zero attached hydrogens (tertiary/aromatic N) is 1. The number of nitro groups is 1. The van der Waals surface area contributed by atoms with Crippen LogP contribution in [0, 0.1) is 10.1 Å². The SMILES string of the molecule is COc1cc(C=O)c([N+](=O)[O-])cc1OCC1CCCO1. The molecule has 1 atom stereocenters. The summed E-state index contributed by atoms with van der Waals surface area (Å²) >= 11 is 0. The fourth-order valence-electron chi connectivity index (χ4n) is 2.05. The van der Waals surface area contributed by atoms with E-state index in [1.165, 1.54) is 19.2 Å². The molecule has 1 aromatic carbocycles. The van der Waals surface area contributed by atoms with Crippen molar-refractivity contribution in [3.63, 3.8) is 0 Å². The van der Waals surface area contributed by atoms with Crippen molar-refractivity contribution in [3.05, 3.63) is 27.8 Å². The third-order valence-electron chi connectivity index (χ3n) is 3.09. The first-order chi connectivity index (χ1) is 9.65. The molecule has 1 unspecified atom stereocenters. The van der Waals surface area contributed by atoms with Crippen molar-refractivity contribution in [2.45, 2.75) is 18.9 Å². The van der Waals surface area contributed by atoms with Crippen LogP contribution in [0.2, 0.25) is 0 Å². The van der Waals surface area contributed by atoms with Crippen molar-refractivity contribution >= 4 is 12.0 Å². The summed E-state index contributed by atoms with van der Waals surface area (Å²) in [4.78, 5) is 21.2. The highest BCUT2D eigenvalue weighted by molar-refractivity contribution is 5.83. The van der Waals surface area contributed by atoms with Gasteiger partial charge in [0.05, 0.1) is 29.8 Å². The van der Waals surface area contributed by atoms with Gasteiger partial charge in [-0.1, -0.05) is 0 Å². The molecular formula is C13H15NO6. The predicted molar refractivity (Wildman–Crippen MR) is 69.5 cm³/mol. The Morgan fingerprint density at radius 2 is 2.30 bits per heavy atom. The summed E-state index contributed by atoms with van der Waals surface area (Å²) in [6, 6.07) is 2.51. The van der Waals surface area contributed by atoms with Gasteiger partial charge in [0.1, 0.15) is 6.61 Å². The zero-order chi connectivity index (χ0) is 14.5. The summed E-state index contributed by atoms with van der Waals surface area (Å²) in [5.74, 6) is 0.524. The molecule has 1 aliphatic rings. The van der Waals surface area contributed by atoms with Crippen LogP contribution in [0.5, 0.6) is 11.5 Å². The van der Waals surface area contributed by atoms with Crippen LogP contribution in [0.4, 0.5) is 5.69 Å². The highest BCUT2D eigenvalue weighted by atomic mass is 16.6. The number of rotatable bonds is 6. The third-order valence-corrected chi connectivity index (χ3v) is 3.09. The van der Waals surface area contributed by atoms with Crippen LogP contribution in [0.25, 0.3) is 0 Å². The predicted octanol–water partition coefficient (Wildman–Crippen LogP) is 1.97. The summed E-state index contributed by atoms with van der Waals surface area (Å²) in [5, 5.41) is 10.9. The van der Waals surface area contributed by atoms with Crippen LogP contribution >= 0.6 is 0 Å².